The van der Waals surface area contributed by atoms with Crippen molar-refractivity contribution in [1.82, 2.24) is 10.3 Å². The summed E-state index contributed by atoms with van der Waals surface area (Å²) in [5, 5.41) is 2.90. The highest BCUT2D eigenvalue weighted by Gasteiger charge is 2.49. The topological polar surface area (TPSA) is 69.7 Å². The lowest BCUT2D eigenvalue weighted by Gasteiger charge is -2.45. The van der Waals surface area contributed by atoms with Gasteiger partial charge in [-0.1, -0.05) is 6.07 Å². The molecule has 3 rings (SSSR count). The molecule has 6 heteroatoms. The number of hydrogen-bond donors (Lipinski definition) is 1. The zero-order chi connectivity index (χ0) is 18.7. The summed E-state index contributed by atoms with van der Waals surface area (Å²) in [4.78, 5) is 16.6. The van der Waals surface area contributed by atoms with Crippen LogP contribution in [0.1, 0.15) is 52.1 Å². The van der Waals surface area contributed by atoms with E-state index in [4.69, 9.17) is 14.2 Å². The Morgan fingerprint density at radius 3 is 2.81 bits per heavy atom. The Labute approximate surface area is 155 Å². The van der Waals surface area contributed by atoms with Crippen molar-refractivity contribution in [2.75, 3.05) is 26.4 Å². The third-order valence-electron chi connectivity index (χ3n) is 5.20. The minimum absolute atomic E-state index is 0.123. The maximum atomic E-state index is 12.0. The summed E-state index contributed by atoms with van der Waals surface area (Å²) >= 11 is 0. The first-order valence-corrected chi connectivity index (χ1v) is 9.43. The Kier molecular flexibility index (Phi) is 5.53. The third kappa shape index (κ3) is 4.54. The zero-order valence-corrected chi connectivity index (χ0v) is 16.0. The van der Waals surface area contributed by atoms with Crippen molar-refractivity contribution >= 4 is 6.09 Å². The molecule has 6 nitrogen and oxygen atoms in total. The highest BCUT2D eigenvalue weighted by Crippen LogP contribution is 2.46. The molecule has 2 fully saturated rings. The number of carbonyl (C=O) groups excluding carboxylic acids is 1. The average Bonchev–Trinajstić information content (AvgIpc) is 3.01. The Bertz CT molecular complexity index is 608. The molecule has 0 aromatic carbocycles. The third-order valence-corrected chi connectivity index (χ3v) is 5.20. The highest BCUT2D eigenvalue weighted by atomic mass is 16.6. The van der Waals surface area contributed by atoms with Gasteiger partial charge in [-0.3, -0.25) is 4.98 Å². The molecule has 1 amide bonds. The number of nitrogens with one attached hydrogen (secondary N) is 1. The van der Waals surface area contributed by atoms with E-state index in [1.165, 1.54) is 0 Å². The number of alkyl carbamates (subject to hydrolysis) is 1. The molecule has 1 N–H and O–H groups in total. The van der Waals surface area contributed by atoms with Crippen molar-refractivity contribution < 1.29 is 19.0 Å². The number of aromatic nitrogens is 1. The Morgan fingerprint density at radius 2 is 2.15 bits per heavy atom. The fourth-order valence-corrected chi connectivity index (χ4v) is 4.02. The van der Waals surface area contributed by atoms with Crippen LogP contribution in [0.5, 0.6) is 0 Å². The Hall–Kier alpha value is -1.66. The van der Waals surface area contributed by atoms with E-state index in [1.54, 1.807) is 0 Å². The van der Waals surface area contributed by atoms with Gasteiger partial charge in [0.25, 0.3) is 0 Å². The molecular weight excluding hydrogens is 332 g/mol. The molecule has 0 aliphatic carbocycles. The number of nitrogens with zero attached hydrogens (tertiary/aromatic N) is 1. The van der Waals surface area contributed by atoms with Gasteiger partial charge in [-0.05, 0) is 52.2 Å². The van der Waals surface area contributed by atoms with Crippen molar-refractivity contribution in [2.45, 2.75) is 63.1 Å². The van der Waals surface area contributed by atoms with E-state index in [1.807, 2.05) is 39.1 Å². The largest absolute Gasteiger partial charge is 0.444 e. The molecule has 1 aromatic rings. The van der Waals surface area contributed by atoms with Gasteiger partial charge in [-0.25, -0.2) is 4.79 Å². The first-order valence-electron chi connectivity index (χ1n) is 9.43. The molecule has 0 saturated carbocycles. The van der Waals surface area contributed by atoms with Gasteiger partial charge in [-0.2, -0.15) is 0 Å². The van der Waals surface area contributed by atoms with Gasteiger partial charge < -0.3 is 19.5 Å². The van der Waals surface area contributed by atoms with E-state index >= 15 is 0 Å². The Balaban J connectivity index is 1.71. The lowest BCUT2D eigenvalue weighted by Crippen LogP contribution is -2.49. The van der Waals surface area contributed by atoms with Crippen LogP contribution in [-0.2, 0) is 19.6 Å². The van der Waals surface area contributed by atoms with Gasteiger partial charge in [0.05, 0.1) is 12.2 Å². The van der Waals surface area contributed by atoms with Crippen molar-refractivity contribution in [1.29, 1.82) is 0 Å². The van der Waals surface area contributed by atoms with E-state index < -0.39 is 5.60 Å². The highest BCUT2D eigenvalue weighted by molar-refractivity contribution is 5.67. The molecule has 3 heterocycles. The minimum atomic E-state index is -0.493. The van der Waals surface area contributed by atoms with Crippen molar-refractivity contribution in [3.8, 4) is 0 Å². The number of ether oxygens (including phenoxy) is 3. The molecule has 2 aliphatic heterocycles. The minimum Gasteiger partial charge on any atom is -0.444 e. The van der Waals surface area contributed by atoms with E-state index in [0.717, 1.165) is 38.0 Å². The van der Waals surface area contributed by atoms with Gasteiger partial charge in [0.1, 0.15) is 5.60 Å². The van der Waals surface area contributed by atoms with Crippen LogP contribution in [0, 0.1) is 0 Å². The van der Waals surface area contributed by atoms with Gasteiger partial charge >= 0.3 is 6.09 Å². The van der Waals surface area contributed by atoms with Crippen molar-refractivity contribution in [3.05, 3.63) is 30.1 Å². The smallest absolute Gasteiger partial charge is 0.407 e. The van der Waals surface area contributed by atoms with Crippen LogP contribution in [0.2, 0.25) is 0 Å². The van der Waals surface area contributed by atoms with Crippen LogP contribution < -0.4 is 5.32 Å². The molecule has 0 unspecified atom stereocenters. The number of hydrogen-bond acceptors (Lipinski definition) is 5. The number of carbonyl (C=O) groups is 1. The molecule has 0 radical (unpaired) electrons. The number of pyridine rings is 1. The van der Waals surface area contributed by atoms with E-state index in [9.17, 15) is 4.79 Å². The van der Waals surface area contributed by atoms with Gasteiger partial charge in [0.15, 0.2) is 0 Å². The summed E-state index contributed by atoms with van der Waals surface area (Å²) in [5.41, 5.74) is 0.233. The fraction of sp³-hybridized carbons (Fsp3) is 0.700. The van der Waals surface area contributed by atoms with E-state index in [0.29, 0.717) is 19.8 Å². The summed E-state index contributed by atoms with van der Waals surface area (Å²) in [6.45, 7) is 8.21. The molecule has 26 heavy (non-hydrogen) atoms. The quantitative estimate of drug-likeness (QED) is 0.891. The molecule has 0 bridgehead atoms. The predicted molar refractivity (Wildman–Crippen MR) is 98.1 cm³/mol. The van der Waals surface area contributed by atoms with Gasteiger partial charge in [-0.15, -0.1) is 0 Å². The first-order chi connectivity index (χ1) is 12.3. The van der Waals surface area contributed by atoms with Crippen LogP contribution in [0.15, 0.2) is 24.4 Å². The van der Waals surface area contributed by atoms with Crippen LogP contribution >= 0.6 is 0 Å². The molecule has 1 aromatic heterocycles. The van der Waals surface area contributed by atoms with Crippen LogP contribution in [0.4, 0.5) is 4.79 Å². The Morgan fingerprint density at radius 1 is 1.31 bits per heavy atom. The number of rotatable bonds is 4. The fourth-order valence-electron chi connectivity index (χ4n) is 4.02. The maximum Gasteiger partial charge on any atom is 0.407 e. The summed E-state index contributed by atoms with van der Waals surface area (Å²) in [6.07, 6.45) is 4.94. The van der Waals surface area contributed by atoms with Crippen LogP contribution in [-0.4, -0.2) is 48.6 Å². The molecular formula is C20H30N2O4. The maximum absolute atomic E-state index is 12.0. The van der Waals surface area contributed by atoms with Crippen LogP contribution in [0.25, 0.3) is 0 Å². The molecule has 1 spiro atoms. The normalized spacial score (nSPS) is 28.9. The zero-order valence-electron chi connectivity index (χ0n) is 16.0. The van der Waals surface area contributed by atoms with Crippen molar-refractivity contribution in [2.24, 2.45) is 0 Å². The van der Waals surface area contributed by atoms with E-state index in [2.05, 4.69) is 16.4 Å². The summed E-state index contributed by atoms with van der Waals surface area (Å²) in [6, 6.07) is 6.05. The SMILES string of the molecule is CC(C)(C)OC(=O)NCC[C@@]1(c2ccccn2)CCO[C@]2(CCOC2)C1. The lowest BCUT2D eigenvalue weighted by molar-refractivity contribution is -0.108. The second kappa shape index (κ2) is 7.53. The molecule has 2 atom stereocenters. The van der Waals surface area contributed by atoms with Crippen LogP contribution in [0.3, 0.4) is 0 Å². The molecule has 2 saturated heterocycles. The number of amides is 1. The lowest BCUT2D eigenvalue weighted by atomic mass is 9.68. The monoisotopic (exact) mass is 362 g/mol. The first kappa shape index (κ1) is 19.1. The summed E-state index contributed by atoms with van der Waals surface area (Å²) in [7, 11) is 0. The van der Waals surface area contributed by atoms with E-state index in [-0.39, 0.29) is 17.1 Å². The summed E-state index contributed by atoms with van der Waals surface area (Å²) in [5.74, 6) is 0. The van der Waals surface area contributed by atoms with Gasteiger partial charge in [0.2, 0.25) is 0 Å². The summed E-state index contributed by atoms with van der Waals surface area (Å²) < 4.78 is 17.1. The van der Waals surface area contributed by atoms with Crippen molar-refractivity contribution in [3.63, 3.8) is 0 Å². The second-order valence-electron chi connectivity index (χ2n) is 8.43. The average molecular weight is 362 g/mol. The molecule has 144 valence electrons. The standard InChI is InChI=1S/C20H30N2O4/c1-18(2,3)26-17(23)22-11-7-19(16-6-4-5-10-21-16)8-13-25-20(14-19)9-12-24-15-20/h4-6,10H,7-9,11-15H2,1-3H3,(H,22,23)/t19-,20-/m1/s1. The predicted octanol–water partition coefficient (Wildman–Crippen LogP) is 3.20. The van der Waals surface area contributed by atoms with Gasteiger partial charge in [0, 0.05) is 43.5 Å². The molecule has 2 aliphatic rings. The second-order valence-corrected chi connectivity index (χ2v) is 8.43.